The van der Waals surface area contributed by atoms with E-state index in [1.165, 1.54) is 5.56 Å². The van der Waals surface area contributed by atoms with Crippen molar-refractivity contribution < 1.29 is 9.84 Å². The van der Waals surface area contributed by atoms with Crippen LogP contribution in [0.15, 0.2) is 12.7 Å². The quantitative estimate of drug-likeness (QED) is 0.751. The molecule has 0 amide bonds. The molecule has 0 aliphatic heterocycles. The first kappa shape index (κ1) is 16.6. The molecule has 0 fully saturated rings. The fourth-order valence-corrected chi connectivity index (χ4v) is 2.48. The van der Waals surface area contributed by atoms with Crippen molar-refractivity contribution in [1.29, 1.82) is 0 Å². The summed E-state index contributed by atoms with van der Waals surface area (Å²) in [6.45, 7) is 12.5. The Morgan fingerprint density at radius 2 is 1.70 bits per heavy atom. The lowest BCUT2D eigenvalue weighted by molar-refractivity contribution is 0.366. The largest absolute Gasteiger partial charge is 0.504 e. The van der Waals surface area contributed by atoms with Gasteiger partial charge in [-0.05, 0) is 42.2 Å². The van der Waals surface area contributed by atoms with Crippen LogP contribution in [-0.2, 0) is 19.3 Å². The number of phenolic OH excluding ortho intramolecular Hbond substituents is 1. The van der Waals surface area contributed by atoms with E-state index in [4.69, 9.17) is 4.74 Å². The monoisotopic (exact) mass is 275 g/mol. The van der Waals surface area contributed by atoms with Crippen LogP contribution in [0.3, 0.4) is 0 Å². The second-order valence-electron chi connectivity index (χ2n) is 6.13. The van der Waals surface area contributed by atoms with Crippen LogP contribution in [0.5, 0.6) is 11.5 Å². The van der Waals surface area contributed by atoms with Gasteiger partial charge in [0, 0.05) is 11.6 Å². The third kappa shape index (κ3) is 4.03. The number of aromatic hydroxyl groups is 1. The molecule has 2 heteroatoms. The molecule has 1 N–H and O–H groups in total. The average molecular weight is 275 g/mol. The van der Waals surface area contributed by atoms with E-state index in [0.717, 1.165) is 30.4 Å². The van der Waals surface area contributed by atoms with Gasteiger partial charge in [0.15, 0.2) is 11.5 Å². The Kier molecular flexibility index (Phi) is 6.12. The summed E-state index contributed by atoms with van der Waals surface area (Å²) < 4.78 is 5.27. The maximum atomic E-state index is 10.4. The summed E-state index contributed by atoms with van der Waals surface area (Å²) in [5.74, 6) is 1.72. The molecule has 0 bridgehead atoms. The Hall–Kier alpha value is -1.44. The highest BCUT2D eigenvalue weighted by atomic mass is 16.5. The van der Waals surface area contributed by atoms with Gasteiger partial charge in [-0.2, -0.15) is 0 Å². The van der Waals surface area contributed by atoms with Crippen LogP contribution >= 0.6 is 0 Å². The Labute approximate surface area is 123 Å². The number of allylic oxidation sites excluding steroid dienone is 1. The van der Waals surface area contributed by atoms with Gasteiger partial charge >= 0.3 is 0 Å². The average Bonchev–Trinajstić information content (AvgIpc) is 2.36. The Bertz CT molecular complexity index is 459. The van der Waals surface area contributed by atoms with Crippen LogP contribution in [-0.4, -0.2) is 12.2 Å². The highest BCUT2D eigenvalue weighted by Crippen LogP contribution is 2.37. The molecule has 0 aliphatic carbocycles. The minimum absolute atomic E-state index is 0.254. The number of rotatable bonds is 7. The second-order valence-corrected chi connectivity index (χ2v) is 6.13. The van der Waals surface area contributed by atoms with E-state index in [0.29, 0.717) is 17.6 Å². The van der Waals surface area contributed by atoms with Crippen molar-refractivity contribution >= 4 is 0 Å². The molecule has 0 atom stereocenters. The predicted octanol–water partition coefficient (Wildman–Crippen LogP) is 4.33. The highest BCUT2D eigenvalue weighted by molar-refractivity contribution is 5.53. The number of hydrogen-bond acceptors (Lipinski definition) is 2. The van der Waals surface area contributed by atoms with E-state index in [1.807, 2.05) is 6.08 Å². The Morgan fingerprint density at radius 1 is 1.15 bits per heavy atom. The third-order valence-corrected chi connectivity index (χ3v) is 3.27. The van der Waals surface area contributed by atoms with Gasteiger partial charge in [-0.1, -0.05) is 33.8 Å². The van der Waals surface area contributed by atoms with Gasteiger partial charge in [0.05, 0.1) is 7.11 Å². The second kappa shape index (κ2) is 7.37. The number of ether oxygens (including phenoxy) is 1. The molecule has 111 valence electrons. The smallest absolute Gasteiger partial charge is 0.169 e. The van der Waals surface area contributed by atoms with E-state index in [-0.39, 0.29) is 5.75 Å². The van der Waals surface area contributed by atoms with Crippen LogP contribution in [0.2, 0.25) is 0 Å². The fourth-order valence-electron chi connectivity index (χ4n) is 2.48. The van der Waals surface area contributed by atoms with Crippen molar-refractivity contribution in [2.45, 2.75) is 47.0 Å². The van der Waals surface area contributed by atoms with Crippen molar-refractivity contribution in [3.8, 4) is 11.5 Å². The zero-order valence-electron chi connectivity index (χ0n) is 13.4. The molecule has 1 aromatic rings. The lowest BCUT2D eigenvalue weighted by Gasteiger charge is -2.20. The molecule has 0 saturated carbocycles. The topological polar surface area (TPSA) is 29.5 Å². The summed E-state index contributed by atoms with van der Waals surface area (Å²) in [5.41, 5.74) is 3.33. The van der Waals surface area contributed by atoms with Crippen molar-refractivity contribution in [1.82, 2.24) is 0 Å². The zero-order valence-corrected chi connectivity index (χ0v) is 13.4. The van der Waals surface area contributed by atoms with Crippen molar-refractivity contribution in [2.75, 3.05) is 7.11 Å². The summed E-state index contributed by atoms with van der Waals surface area (Å²) in [6.07, 6.45) is 4.43. The molecule has 0 saturated heterocycles. The molecule has 0 aliphatic rings. The van der Waals surface area contributed by atoms with Gasteiger partial charge in [0.25, 0.3) is 0 Å². The number of phenols is 1. The standard InChI is InChI=1S/C18H27O2/c1-7-8-14-11-17(20-6)18(19)16(10-13(4)5)15(14)9-12(2)3/h7,12-13,19H,1,8-10H2,2-6H3. The SMILES string of the molecule is C=CCc1[c]c(OC)c(O)c(CC(C)C)c1CC(C)C. The highest BCUT2D eigenvalue weighted by Gasteiger charge is 2.19. The van der Waals surface area contributed by atoms with Gasteiger partial charge in [-0.25, -0.2) is 0 Å². The maximum Gasteiger partial charge on any atom is 0.169 e. The van der Waals surface area contributed by atoms with Crippen molar-refractivity contribution in [3.05, 3.63) is 35.4 Å². The van der Waals surface area contributed by atoms with Crippen LogP contribution in [0.25, 0.3) is 0 Å². The predicted molar refractivity (Wildman–Crippen MR) is 84.5 cm³/mol. The van der Waals surface area contributed by atoms with E-state index in [1.54, 1.807) is 7.11 Å². The van der Waals surface area contributed by atoms with Gasteiger partial charge < -0.3 is 9.84 Å². The summed E-state index contributed by atoms with van der Waals surface area (Å²) >= 11 is 0. The molecule has 0 unspecified atom stereocenters. The number of benzene rings is 1. The molecule has 0 heterocycles. The van der Waals surface area contributed by atoms with E-state index in [9.17, 15) is 5.11 Å². The molecule has 1 radical (unpaired) electrons. The molecular formula is C18H27O2. The van der Waals surface area contributed by atoms with Gasteiger partial charge in [0.2, 0.25) is 0 Å². The minimum Gasteiger partial charge on any atom is -0.504 e. The Balaban J connectivity index is 3.45. The molecular weight excluding hydrogens is 248 g/mol. The molecule has 2 nitrogen and oxygen atoms in total. The Morgan fingerprint density at radius 3 is 2.15 bits per heavy atom. The van der Waals surface area contributed by atoms with Crippen LogP contribution in [0, 0.1) is 17.9 Å². The zero-order chi connectivity index (χ0) is 15.3. The third-order valence-electron chi connectivity index (χ3n) is 3.27. The summed E-state index contributed by atoms with van der Waals surface area (Å²) in [5, 5.41) is 10.4. The van der Waals surface area contributed by atoms with Crippen molar-refractivity contribution in [3.63, 3.8) is 0 Å². The molecule has 0 spiro atoms. The van der Waals surface area contributed by atoms with Crippen LogP contribution in [0.4, 0.5) is 0 Å². The first-order chi connectivity index (χ1) is 9.40. The van der Waals surface area contributed by atoms with Crippen molar-refractivity contribution in [2.24, 2.45) is 11.8 Å². The van der Waals surface area contributed by atoms with E-state index in [2.05, 4.69) is 40.3 Å². The lowest BCUT2D eigenvalue weighted by Crippen LogP contribution is -2.08. The molecule has 1 rings (SSSR count). The maximum absolute atomic E-state index is 10.4. The van der Waals surface area contributed by atoms with Crippen LogP contribution < -0.4 is 4.74 Å². The van der Waals surface area contributed by atoms with Crippen LogP contribution in [0.1, 0.15) is 44.4 Å². The molecule has 0 aromatic heterocycles. The first-order valence-electron chi connectivity index (χ1n) is 7.34. The first-order valence-corrected chi connectivity index (χ1v) is 7.34. The van der Waals surface area contributed by atoms with Gasteiger partial charge in [-0.15, -0.1) is 6.58 Å². The minimum atomic E-state index is 0.254. The summed E-state index contributed by atoms with van der Waals surface area (Å²) in [4.78, 5) is 0. The molecule has 1 aromatic carbocycles. The molecule has 20 heavy (non-hydrogen) atoms. The number of hydrogen-bond donors (Lipinski definition) is 1. The van der Waals surface area contributed by atoms with E-state index >= 15 is 0 Å². The fraction of sp³-hybridized carbons (Fsp3) is 0.556. The normalized spacial score (nSPS) is 11.2. The lowest BCUT2D eigenvalue weighted by atomic mass is 9.87. The van der Waals surface area contributed by atoms with Gasteiger partial charge in [0.1, 0.15) is 0 Å². The van der Waals surface area contributed by atoms with Gasteiger partial charge in [-0.3, -0.25) is 0 Å². The summed E-state index contributed by atoms with van der Waals surface area (Å²) in [7, 11) is 1.57. The van der Waals surface area contributed by atoms with E-state index < -0.39 is 0 Å². The summed E-state index contributed by atoms with van der Waals surface area (Å²) in [6, 6.07) is 3.21. The number of methoxy groups -OCH3 is 1.